The summed E-state index contributed by atoms with van der Waals surface area (Å²) in [4.78, 5) is 15.9. The molecule has 0 atom stereocenters. The number of aryl methyl sites for hydroxylation is 2. The van der Waals surface area contributed by atoms with E-state index in [1.165, 1.54) is 16.9 Å². The first-order valence-electron chi connectivity index (χ1n) is 5.37. The summed E-state index contributed by atoms with van der Waals surface area (Å²) in [7, 11) is 0. The van der Waals surface area contributed by atoms with Crippen molar-refractivity contribution in [2.45, 2.75) is 25.4 Å². The van der Waals surface area contributed by atoms with Crippen LogP contribution in [0.3, 0.4) is 0 Å². The zero-order valence-electron chi connectivity index (χ0n) is 9.84. The van der Waals surface area contributed by atoms with E-state index < -0.39 is 0 Å². The first-order valence-corrected chi connectivity index (χ1v) is 7.24. The lowest BCUT2D eigenvalue weighted by Gasteiger charge is -2.04. The van der Waals surface area contributed by atoms with E-state index in [1.54, 1.807) is 11.8 Å². The van der Waals surface area contributed by atoms with E-state index in [0.717, 1.165) is 23.0 Å². The fourth-order valence-corrected chi connectivity index (χ4v) is 2.99. The van der Waals surface area contributed by atoms with Gasteiger partial charge in [0.2, 0.25) is 0 Å². The van der Waals surface area contributed by atoms with Crippen molar-refractivity contribution in [3.63, 3.8) is 0 Å². The summed E-state index contributed by atoms with van der Waals surface area (Å²) in [6, 6.07) is 4.07. The monoisotopic (exact) mass is 266 g/mol. The van der Waals surface area contributed by atoms with Gasteiger partial charge in [0.15, 0.2) is 0 Å². The Labute approximate surface area is 109 Å². The van der Waals surface area contributed by atoms with Crippen molar-refractivity contribution < 1.29 is 0 Å². The van der Waals surface area contributed by atoms with Crippen molar-refractivity contribution >= 4 is 23.1 Å². The number of rotatable bonds is 4. The van der Waals surface area contributed by atoms with Crippen molar-refractivity contribution in [2.24, 2.45) is 0 Å². The summed E-state index contributed by atoms with van der Waals surface area (Å²) in [6.07, 6.45) is 1.87. The maximum Gasteiger partial charge on any atom is 0.307 e. The number of nitrogens with zero attached hydrogens (tertiary/aromatic N) is 2. The van der Waals surface area contributed by atoms with E-state index in [9.17, 15) is 4.79 Å². The molecule has 0 aliphatic rings. The summed E-state index contributed by atoms with van der Waals surface area (Å²) in [5, 5.41) is 2.91. The molecule has 17 heavy (non-hydrogen) atoms. The van der Waals surface area contributed by atoms with E-state index in [-0.39, 0.29) is 4.87 Å². The molecular formula is C12H14N2OS2. The summed E-state index contributed by atoms with van der Waals surface area (Å²) >= 11 is 2.94. The first-order chi connectivity index (χ1) is 8.16. The van der Waals surface area contributed by atoms with Crippen LogP contribution >= 0.6 is 23.1 Å². The number of thioether (sulfide) groups is 1. The zero-order valence-corrected chi connectivity index (χ0v) is 11.5. The SMILES string of the molecule is Cc1ccc(SCCn2c(C)csc2=O)nc1. The molecule has 0 spiro atoms. The third kappa shape index (κ3) is 3.20. The maximum absolute atomic E-state index is 11.5. The minimum absolute atomic E-state index is 0.125. The van der Waals surface area contributed by atoms with E-state index in [1.807, 2.05) is 36.1 Å². The number of thiazole rings is 1. The molecule has 3 nitrogen and oxygen atoms in total. The van der Waals surface area contributed by atoms with Crippen LogP contribution in [0.1, 0.15) is 11.3 Å². The molecule has 2 heterocycles. The minimum Gasteiger partial charge on any atom is -0.303 e. The van der Waals surface area contributed by atoms with Gasteiger partial charge in [0, 0.05) is 29.6 Å². The minimum atomic E-state index is 0.125. The van der Waals surface area contributed by atoms with Crippen molar-refractivity contribution in [3.8, 4) is 0 Å². The summed E-state index contributed by atoms with van der Waals surface area (Å²) in [5.74, 6) is 0.869. The highest BCUT2D eigenvalue weighted by Gasteiger charge is 2.02. The molecule has 0 saturated heterocycles. The molecule has 0 aliphatic carbocycles. The summed E-state index contributed by atoms with van der Waals surface area (Å²) in [5.41, 5.74) is 2.21. The molecule has 0 aromatic carbocycles. The molecule has 0 fully saturated rings. The van der Waals surface area contributed by atoms with Gasteiger partial charge in [-0.1, -0.05) is 17.4 Å². The second kappa shape index (κ2) is 5.51. The van der Waals surface area contributed by atoms with Crippen LogP contribution in [-0.4, -0.2) is 15.3 Å². The predicted molar refractivity (Wildman–Crippen MR) is 73.0 cm³/mol. The number of hydrogen-bond donors (Lipinski definition) is 0. The topological polar surface area (TPSA) is 34.9 Å². The van der Waals surface area contributed by atoms with E-state index in [4.69, 9.17) is 0 Å². The molecule has 90 valence electrons. The second-order valence-corrected chi connectivity index (χ2v) is 5.75. The van der Waals surface area contributed by atoms with Crippen LogP contribution in [0, 0.1) is 13.8 Å². The Bertz CT molecular complexity index is 542. The standard InChI is InChI=1S/C12H14N2OS2/c1-9-3-4-11(13-7-9)16-6-5-14-10(2)8-17-12(14)15/h3-4,7-8H,5-6H2,1-2H3. The molecule has 5 heteroatoms. The number of pyridine rings is 1. The summed E-state index contributed by atoms with van der Waals surface area (Å²) < 4.78 is 1.81. The quantitative estimate of drug-likeness (QED) is 0.798. The molecule has 2 rings (SSSR count). The van der Waals surface area contributed by atoms with Gasteiger partial charge < -0.3 is 4.57 Å². The Morgan fingerprint density at radius 1 is 1.41 bits per heavy atom. The molecule has 2 aromatic heterocycles. The van der Waals surface area contributed by atoms with Crippen LogP contribution < -0.4 is 4.87 Å². The van der Waals surface area contributed by atoms with E-state index in [2.05, 4.69) is 11.1 Å². The van der Waals surface area contributed by atoms with Gasteiger partial charge in [0.1, 0.15) is 0 Å². The van der Waals surface area contributed by atoms with Crippen molar-refractivity contribution in [2.75, 3.05) is 5.75 Å². The Kier molecular flexibility index (Phi) is 4.02. The second-order valence-electron chi connectivity index (χ2n) is 3.82. The van der Waals surface area contributed by atoms with Crippen molar-refractivity contribution in [1.29, 1.82) is 0 Å². The average molecular weight is 266 g/mol. The van der Waals surface area contributed by atoms with Crippen LogP contribution in [0.15, 0.2) is 33.5 Å². The van der Waals surface area contributed by atoms with E-state index >= 15 is 0 Å². The van der Waals surface area contributed by atoms with Gasteiger partial charge in [-0.3, -0.25) is 4.79 Å². The molecule has 0 N–H and O–H groups in total. The molecule has 0 radical (unpaired) electrons. The van der Waals surface area contributed by atoms with Crippen LogP contribution in [0.5, 0.6) is 0 Å². The molecule has 0 aliphatic heterocycles. The third-order valence-electron chi connectivity index (χ3n) is 2.43. The van der Waals surface area contributed by atoms with Gasteiger partial charge in [0.25, 0.3) is 0 Å². The van der Waals surface area contributed by atoms with Crippen LogP contribution in [0.4, 0.5) is 0 Å². The van der Waals surface area contributed by atoms with Crippen LogP contribution in [0.2, 0.25) is 0 Å². The average Bonchev–Trinajstić information content (AvgIpc) is 2.63. The lowest BCUT2D eigenvalue weighted by Crippen LogP contribution is -2.15. The molecule has 0 unspecified atom stereocenters. The molecule has 0 saturated carbocycles. The highest BCUT2D eigenvalue weighted by molar-refractivity contribution is 7.99. The van der Waals surface area contributed by atoms with E-state index in [0.29, 0.717) is 0 Å². The Balaban J connectivity index is 1.92. The van der Waals surface area contributed by atoms with Crippen LogP contribution in [-0.2, 0) is 6.54 Å². The fourth-order valence-electron chi connectivity index (χ4n) is 1.46. The molecule has 0 amide bonds. The van der Waals surface area contributed by atoms with Crippen LogP contribution in [0.25, 0.3) is 0 Å². The molecule has 2 aromatic rings. The normalized spacial score (nSPS) is 10.7. The molecule has 0 bridgehead atoms. The Morgan fingerprint density at radius 3 is 2.82 bits per heavy atom. The highest BCUT2D eigenvalue weighted by atomic mass is 32.2. The lowest BCUT2D eigenvalue weighted by atomic mass is 10.3. The number of hydrogen-bond acceptors (Lipinski definition) is 4. The van der Waals surface area contributed by atoms with Crippen molar-refractivity contribution in [3.05, 3.63) is 44.6 Å². The predicted octanol–water partition coefficient (Wildman–Crippen LogP) is 2.71. The largest absolute Gasteiger partial charge is 0.307 e. The van der Waals surface area contributed by atoms with Gasteiger partial charge in [-0.05, 0) is 25.5 Å². The van der Waals surface area contributed by atoms with Gasteiger partial charge in [0.05, 0.1) is 5.03 Å². The third-order valence-corrected chi connectivity index (χ3v) is 4.23. The van der Waals surface area contributed by atoms with Gasteiger partial charge in [-0.25, -0.2) is 4.98 Å². The maximum atomic E-state index is 11.5. The van der Waals surface area contributed by atoms with Crippen molar-refractivity contribution in [1.82, 2.24) is 9.55 Å². The lowest BCUT2D eigenvalue weighted by molar-refractivity contribution is 0.730. The summed E-state index contributed by atoms with van der Waals surface area (Å²) in [6.45, 7) is 4.73. The molecular weight excluding hydrogens is 252 g/mol. The smallest absolute Gasteiger partial charge is 0.303 e. The first kappa shape index (κ1) is 12.4. The Morgan fingerprint density at radius 2 is 2.24 bits per heavy atom. The Hall–Kier alpha value is -1.07. The zero-order chi connectivity index (χ0) is 12.3. The van der Waals surface area contributed by atoms with Gasteiger partial charge >= 0.3 is 4.87 Å². The van der Waals surface area contributed by atoms with Gasteiger partial charge in [-0.2, -0.15) is 0 Å². The van der Waals surface area contributed by atoms with Gasteiger partial charge in [-0.15, -0.1) is 11.8 Å². The highest BCUT2D eigenvalue weighted by Crippen LogP contribution is 2.15. The number of aromatic nitrogens is 2. The fraction of sp³-hybridized carbons (Fsp3) is 0.333.